The summed E-state index contributed by atoms with van der Waals surface area (Å²) in [4.78, 5) is 11.1. The molecule has 1 heterocycles. The molecule has 1 N–H and O–H groups in total. The number of thioether (sulfide) groups is 2. The van der Waals surface area contributed by atoms with Crippen molar-refractivity contribution in [1.29, 1.82) is 0 Å². The van der Waals surface area contributed by atoms with Gasteiger partial charge in [-0.15, -0.1) is 23.5 Å². The highest BCUT2D eigenvalue weighted by atomic mass is 32.2. The molecule has 98 valence electrons. The summed E-state index contributed by atoms with van der Waals surface area (Å²) < 4.78 is 5.92. The quantitative estimate of drug-likeness (QED) is 0.922. The summed E-state index contributed by atoms with van der Waals surface area (Å²) in [5.41, 5.74) is 1.33. The molecule has 0 unspecified atom stereocenters. The van der Waals surface area contributed by atoms with Crippen molar-refractivity contribution < 1.29 is 9.53 Å². The first-order chi connectivity index (χ1) is 8.79. The molecule has 1 fully saturated rings. The van der Waals surface area contributed by atoms with Crippen LogP contribution in [0.2, 0.25) is 0 Å². The van der Waals surface area contributed by atoms with E-state index in [1.165, 1.54) is 23.5 Å². The first-order valence-electron chi connectivity index (χ1n) is 5.96. The molecule has 1 saturated heterocycles. The molecule has 0 radical (unpaired) electrons. The SMILES string of the molecule is CNC(=O)COc1ccc(C2SCCCS2)cc1. The number of hydrogen-bond donors (Lipinski definition) is 1. The largest absolute Gasteiger partial charge is 0.484 e. The first kappa shape index (κ1) is 13.6. The highest BCUT2D eigenvalue weighted by molar-refractivity contribution is 8.16. The van der Waals surface area contributed by atoms with E-state index in [0.29, 0.717) is 4.58 Å². The molecule has 1 aliphatic heterocycles. The lowest BCUT2D eigenvalue weighted by atomic mass is 10.2. The van der Waals surface area contributed by atoms with Crippen molar-refractivity contribution in [3.05, 3.63) is 29.8 Å². The Labute approximate surface area is 116 Å². The number of hydrogen-bond acceptors (Lipinski definition) is 4. The molecule has 0 saturated carbocycles. The number of benzene rings is 1. The minimum atomic E-state index is -0.113. The summed E-state index contributed by atoms with van der Waals surface area (Å²) in [6, 6.07) is 8.06. The van der Waals surface area contributed by atoms with Gasteiger partial charge in [0.05, 0.1) is 4.58 Å². The van der Waals surface area contributed by atoms with E-state index in [1.807, 2.05) is 35.7 Å². The standard InChI is InChI=1S/C13H17NO2S2/c1-14-12(15)9-16-11-5-3-10(4-6-11)13-17-7-2-8-18-13/h3-6,13H,2,7-9H2,1H3,(H,14,15). The Bertz CT molecular complexity index is 388. The van der Waals surface area contributed by atoms with E-state index in [1.54, 1.807) is 7.05 Å². The van der Waals surface area contributed by atoms with Gasteiger partial charge in [-0.2, -0.15) is 0 Å². The number of carbonyl (C=O) groups excluding carboxylic acids is 1. The maximum atomic E-state index is 11.1. The van der Waals surface area contributed by atoms with Crippen LogP contribution in [0.15, 0.2) is 24.3 Å². The Kier molecular flexibility index (Phi) is 5.26. The molecule has 0 atom stereocenters. The second kappa shape index (κ2) is 6.95. The van der Waals surface area contributed by atoms with Crippen LogP contribution in [0.1, 0.15) is 16.6 Å². The molecule has 1 amide bonds. The van der Waals surface area contributed by atoms with Crippen LogP contribution < -0.4 is 10.1 Å². The van der Waals surface area contributed by atoms with Gasteiger partial charge >= 0.3 is 0 Å². The van der Waals surface area contributed by atoms with E-state index >= 15 is 0 Å². The minimum Gasteiger partial charge on any atom is -0.484 e. The zero-order valence-electron chi connectivity index (χ0n) is 10.3. The van der Waals surface area contributed by atoms with Gasteiger partial charge in [-0.1, -0.05) is 12.1 Å². The summed E-state index contributed by atoms with van der Waals surface area (Å²) in [5, 5.41) is 2.53. The molecule has 0 aliphatic carbocycles. The van der Waals surface area contributed by atoms with Crippen LogP contribution in [0.25, 0.3) is 0 Å². The molecule has 0 spiro atoms. The molecule has 3 nitrogen and oxygen atoms in total. The molecular weight excluding hydrogens is 266 g/mol. The van der Waals surface area contributed by atoms with Gasteiger partial charge in [0.25, 0.3) is 5.91 Å². The summed E-state index contributed by atoms with van der Waals surface area (Å²) in [6.07, 6.45) is 1.30. The monoisotopic (exact) mass is 283 g/mol. The molecule has 2 rings (SSSR count). The zero-order valence-corrected chi connectivity index (χ0v) is 12.0. The van der Waals surface area contributed by atoms with Gasteiger partial charge in [0.15, 0.2) is 6.61 Å². The number of carbonyl (C=O) groups is 1. The van der Waals surface area contributed by atoms with E-state index in [2.05, 4.69) is 17.4 Å². The van der Waals surface area contributed by atoms with Crippen molar-refractivity contribution >= 4 is 29.4 Å². The highest BCUT2D eigenvalue weighted by Gasteiger charge is 2.16. The Morgan fingerprint density at radius 2 is 2.00 bits per heavy atom. The topological polar surface area (TPSA) is 38.3 Å². The molecule has 18 heavy (non-hydrogen) atoms. The molecule has 1 aromatic rings. The van der Waals surface area contributed by atoms with Crippen LogP contribution in [0, 0.1) is 0 Å². The van der Waals surface area contributed by atoms with Crippen LogP contribution in [-0.4, -0.2) is 31.1 Å². The van der Waals surface area contributed by atoms with Crippen LogP contribution >= 0.6 is 23.5 Å². The molecule has 0 aromatic heterocycles. The molecule has 1 aliphatic rings. The number of nitrogens with one attached hydrogen (secondary N) is 1. The van der Waals surface area contributed by atoms with Gasteiger partial charge in [-0.05, 0) is 35.6 Å². The van der Waals surface area contributed by atoms with E-state index in [4.69, 9.17) is 4.74 Å². The highest BCUT2D eigenvalue weighted by Crippen LogP contribution is 2.43. The Balaban J connectivity index is 1.90. The zero-order chi connectivity index (χ0) is 12.8. The molecular formula is C13H17NO2S2. The lowest BCUT2D eigenvalue weighted by Gasteiger charge is -2.21. The van der Waals surface area contributed by atoms with Gasteiger partial charge in [-0.25, -0.2) is 0 Å². The fourth-order valence-corrected chi connectivity index (χ4v) is 4.52. The second-order valence-corrected chi connectivity index (χ2v) is 6.68. The second-order valence-electron chi connectivity index (χ2n) is 3.96. The normalized spacial score (nSPS) is 16.3. The van der Waals surface area contributed by atoms with E-state index in [0.717, 1.165) is 5.75 Å². The van der Waals surface area contributed by atoms with Crippen LogP contribution in [-0.2, 0) is 4.79 Å². The Hall–Kier alpha value is -0.810. The average molecular weight is 283 g/mol. The number of rotatable bonds is 4. The summed E-state index contributed by atoms with van der Waals surface area (Å²) >= 11 is 4.00. The lowest BCUT2D eigenvalue weighted by molar-refractivity contribution is -0.122. The minimum absolute atomic E-state index is 0.0722. The predicted octanol–water partition coefficient (Wildman–Crippen LogP) is 2.68. The predicted molar refractivity (Wildman–Crippen MR) is 78.3 cm³/mol. The van der Waals surface area contributed by atoms with Crippen molar-refractivity contribution in [2.45, 2.75) is 11.0 Å². The molecule has 1 aromatic carbocycles. The Morgan fingerprint density at radius 3 is 2.61 bits per heavy atom. The van der Waals surface area contributed by atoms with Gasteiger partial charge in [0, 0.05) is 7.05 Å². The van der Waals surface area contributed by atoms with Crippen LogP contribution in [0.5, 0.6) is 5.75 Å². The number of ether oxygens (including phenoxy) is 1. The average Bonchev–Trinajstić information content (AvgIpc) is 2.46. The fraction of sp³-hybridized carbons (Fsp3) is 0.462. The summed E-state index contributed by atoms with van der Waals surface area (Å²) in [6.45, 7) is 0.0722. The van der Waals surface area contributed by atoms with Gasteiger partial charge in [0.1, 0.15) is 5.75 Å². The van der Waals surface area contributed by atoms with Crippen LogP contribution in [0.3, 0.4) is 0 Å². The summed E-state index contributed by atoms with van der Waals surface area (Å²) in [7, 11) is 1.60. The van der Waals surface area contributed by atoms with E-state index in [9.17, 15) is 4.79 Å². The third kappa shape index (κ3) is 3.85. The van der Waals surface area contributed by atoms with Crippen molar-refractivity contribution in [3.63, 3.8) is 0 Å². The lowest BCUT2D eigenvalue weighted by Crippen LogP contribution is -2.24. The Morgan fingerprint density at radius 1 is 1.33 bits per heavy atom. The van der Waals surface area contributed by atoms with E-state index < -0.39 is 0 Å². The maximum Gasteiger partial charge on any atom is 0.257 e. The van der Waals surface area contributed by atoms with Crippen molar-refractivity contribution in [1.82, 2.24) is 5.32 Å². The van der Waals surface area contributed by atoms with Crippen molar-refractivity contribution in [2.24, 2.45) is 0 Å². The smallest absolute Gasteiger partial charge is 0.257 e. The fourth-order valence-electron chi connectivity index (χ4n) is 1.62. The maximum absolute atomic E-state index is 11.1. The van der Waals surface area contributed by atoms with E-state index in [-0.39, 0.29) is 12.5 Å². The first-order valence-corrected chi connectivity index (χ1v) is 8.06. The van der Waals surface area contributed by atoms with Crippen molar-refractivity contribution in [2.75, 3.05) is 25.2 Å². The van der Waals surface area contributed by atoms with Crippen LogP contribution in [0.4, 0.5) is 0 Å². The molecule has 0 bridgehead atoms. The van der Waals surface area contributed by atoms with Gasteiger partial charge in [0.2, 0.25) is 0 Å². The third-order valence-electron chi connectivity index (χ3n) is 2.63. The third-order valence-corrected chi connectivity index (χ3v) is 5.64. The van der Waals surface area contributed by atoms with Gasteiger partial charge in [-0.3, -0.25) is 4.79 Å². The van der Waals surface area contributed by atoms with Gasteiger partial charge < -0.3 is 10.1 Å². The van der Waals surface area contributed by atoms with Crippen molar-refractivity contribution in [3.8, 4) is 5.75 Å². The number of amides is 1. The summed E-state index contributed by atoms with van der Waals surface area (Å²) in [5.74, 6) is 3.12. The number of likely N-dealkylation sites (N-methyl/N-ethyl adjacent to an activating group) is 1. The molecule has 5 heteroatoms.